The van der Waals surface area contributed by atoms with E-state index in [4.69, 9.17) is 4.74 Å². The summed E-state index contributed by atoms with van der Waals surface area (Å²) in [5.41, 5.74) is 0. The maximum atomic E-state index is 12.9. The van der Waals surface area contributed by atoms with Crippen molar-refractivity contribution in [2.75, 3.05) is 26.8 Å². The summed E-state index contributed by atoms with van der Waals surface area (Å²) in [6.07, 6.45) is 4.67. The summed E-state index contributed by atoms with van der Waals surface area (Å²) < 4.78 is 4.91. The summed E-state index contributed by atoms with van der Waals surface area (Å²) in [4.78, 5) is 48.4. The number of hydrogen-bond donors (Lipinski definition) is 2. The molecule has 3 atom stereocenters. The molecular formula is C19H29N5O4. The van der Waals surface area contributed by atoms with E-state index in [0.717, 1.165) is 6.42 Å². The normalized spacial score (nSPS) is 24.6. The molecule has 0 spiro atoms. The predicted octanol–water partition coefficient (Wildman–Crippen LogP) is 0.146. The molecular weight excluding hydrogens is 362 g/mol. The van der Waals surface area contributed by atoms with E-state index < -0.39 is 0 Å². The van der Waals surface area contributed by atoms with Crippen LogP contribution in [0.3, 0.4) is 0 Å². The van der Waals surface area contributed by atoms with Crippen LogP contribution in [-0.4, -0.2) is 76.4 Å². The van der Waals surface area contributed by atoms with E-state index >= 15 is 0 Å². The van der Waals surface area contributed by atoms with Gasteiger partial charge in [-0.2, -0.15) is 0 Å². The number of hydrogen-bond acceptors (Lipinski definition) is 5. The molecule has 0 saturated carbocycles. The zero-order chi connectivity index (χ0) is 20.3. The Kier molecular flexibility index (Phi) is 6.33. The van der Waals surface area contributed by atoms with Crippen LogP contribution in [0, 0.1) is 11.8 Å². The standard InChI is InChI=1S/C19H29N5O4/c1-12(2)6-15-14(19(27)22-8-16-20-4-5-21-16)7-13-9-23(18(26)11-28-3)10-17(25)24(13)15/h4-5,12-15H,6-11H2,1-3H3,(H,20,21)(H,22,27)/t13-,14-,15-/m1/s1. The van der Waals surface area contributed by atoms with Gasteiger partial charge in [0, 0.05) is 32.1 Å². The average molecular weight is 391 g/mol. The molecule has 154 valence electrons. The van der Waals surface area contributed by atoms with E-state index in [1.165, 1.54) is 7.11 Å². The highest BCUT2D eigenvalue weighted by Gasteiger charge is 2.50. The second kappa shape index (κ2) is 8.72. The Balaban J connectivity index is 1.72. The van der Waals surface area contributed by atoms with E-state index in [0.29, 0.717) is 31.3 Å². The van der Waals surface area contributed by atoms with Gasteiger partial charge in [0.15, 0.2) is 0 Å². The van der Waals surface area contributed by atoms with E-state index in [9.17, 15) is 14.4 Å². The molecule has 1 aromatic rings. The Hall–Kier alpha value is -2.42. The van der Waals surface area contributed by atoms with Crippen LogP contribution in [-0.2, 0) is 25.7 Å². The highest BCUT2D eigenvalue weighted by atomic mass is 16.5. The molecule has 9 heteroatoms. The van der Waals surface area contributed by atoms with Crippen LogP contribution in [0.4, 0.5) is 0 Å². The van der Waals surface area contributed by atoms with Gasteiger partial charge < -0.3 is 24.8 Å². The first-order valence-corrected chi connectivity index (χ1v) is 9.74. The molecule has 0 aromatic carbocycles. The van der Waals surface area contributed by atoms with Crippen LogP contribution in [0.15, 0.2) is 12.4 Å². The minimum Gasteiger partial charge on any atom is -0.375 e. The number of aromatic amines is 1. The lowest BCUT2D eigenvalue weighted by atomic mass is 9.91. The maximum absolute atomic E-state index is 12.9. The van der Waals surface area contributed by atoms with Crippen LogP contribution in [0.2, 0.25) is 0 Å². The molecule has 0 radical (unpaired) electrons. The number of aromatic nitrogens is 2. The number of nitrogens with zero attached hydrogens (tertiary/aromatic N) is 3. The molecule has 28 heavy (non-hydrogen) atoms. The molecule has 2 saturated heterocycles. The lowest BCUT2D eigenvalue weighted by Gasteiger charge is -2.40. The van der Waals surface area contributed by atoms with Gasteiger partial charge >= 0.3 is 0 Å². The Morgan fingerprint density at radius 1 is 1.43 bits per heavy atom. The van der Waals surface area contributed by atoms with E-state index in [1.807, 2.05) is 4.90 Å². The first kappa shape index (κ1) is 20.3. The summed E-state index contributed by atoms with van der Waals surface area (Å²) in [6.45, 7) is 4.97. The number of amides is 3. The topological polar surface area (TPSA) is 108 Å². The number of imidazole rings is 1. The predicted molar refractivity (Wildman–Crippen MR) is 101 cm³/mol. The van der Waals surface area contributed by atoms with Gasteiger partial charge in [-0.25, -0.2) is 4.98 Å². The first-order chi connectivity index (χ1) is 13.4. The van der Waals surface area contributed by atoms with Crippen molar-refractivity contribution in [3.63, 3.8) is 0 Å². The lowest BCUT2D eigenvalue weighted by molar-refractivity contribution is -0.151. The average Bonchev–Trinajstić information content (AvgIpc) is 3.27. The first-order valence-electron chi connectivity index (χ1n) is 9.74. The van der Waals surface area contributed by atoms with Crippen molar-refractivity contribution in [2.45, 2.75) is 45.3 Å². The molecule has 2 aliphatic heterocycles. The molecule has 1 aromatic heterocycles. The van der Waals surface area contributed by atoms with Crippen LogP contribution in [0.25, 0.3) is 0 Å². The monoisotopic (exact) mass is 391 g/mol. The number of carbonyl (C=O) groups excluding carboxylic acids is 3. The molecule has 9 nitrogen and oxygen atoms in total. The summed E-state index contributed by atoms with van der Waals surface area (Å²) in [5, 5.41) is 2.94. The third kappa shape index (κ3) is 4.35. The Morgan fingerprint density at radius 3 is 2.86 bits per heavy atom. The number of nitrogens with one attached hydrogen (secondary N) is 2. The number of methoxy groups -OCH3 is 1. The van der Waals surface area contributed by atoms with Crippen molar-refractivity contribution in [1.29, 1.82) is 0 Å². The van der Waals surface area contributed by atoms with Gasteiger partial charge in [0.25, 0.3) is 0 Å². The van der Waals surface area contributed by atoms with Crippen molar-refractivity contribution >= 4 is 17.7 Å². The zero-order valence-electron chi connectivity index (χ0n) is 16.7. The summed E-state index contributed by atoms with van der Waals surface area (Å²) in [6, 6.07) is -0.279. The fourth-order valence-corrected chi connectivity index (χ4v) is 4.29. The van der Waals surface area contributed by atoms with Gasteiger partial charge in [-0.15, -0.1) is 0 Å². The van der Waals surface area contributed by atoms with Crippen LogP contribution < -0.4 is 5.32 Å². The largest absolute Gasteiger partial charge is 0.375 e. The molecule has 0 bridgehead atoms. The van der Waals surface area contributed by atoms with Crippen molar-refractivity contribution in [3.05, 3.63) is 18.2 Å². The van der Waals surface area contributed by atoms with Gasteiger partial charge in [0.05, 0.1) is 25.0 Å². The number of carbonyl (C=O) groups is 3. The molecule has 3 rings (SSSR count). The highest BCUT2D eigenvalue weighted by molar-refractivity contribution is 5.89. The van der Waals surface area contributed by atoms with Gasteiger partial charge in [0.1, 0.15) is 12.4 Å². The molecule has 2 N–H and O–H groups in total. The molecule has 0 aliphatic carbocycles. The van der Waals surface area contributed by atoms with Crippen molar-refractivity contribution < 1.29 is 19.1 Å². The van der Waals surface area contributed by atoms with Gasteiger partial charge in [-0.3, -0.25) is 14.4 Å². The number of ether oxygens (including phenoxy) is 1. The quantitative estimate of drug-likeness (QED) is 0.688. The van der Waals surface area contributed by atoms with Gasteiger partial charge in [-0.05, 0) is 18.8 Å². The third-order valence-electron chi connectivity index (χ3n) is 5.44. The number of piperazine rings is 1. The molecule has 2 aliphatic rings. The highest BCUT2D eigenvalue weighted by Crippen LogP contribution is 2.36. The second-order valence-electron chi connectivity index (χ2n) is 7.95. The van der Waals surface area contributed by atoms with Crippen LogP contribution in [0.5, 0.6) is 0 Å². The van der Waals surface area contributed by atoms with Gasteiger partial charge in [0.2, 0.25) is 17.7 Å². The Bertz CT molecular complexity index is 705. The van der Waals surface area contributed by atoms with Crippen LogP contribution in [0.1, 0.15) is 32.5 Å². The molecule has 0 unspecified atom stereocenters. The molecule has 2 fully saturated rings. The second-order valence-corrected chi connectivity index (χ2v) is 7.95. The van der Waals surface area contributed by atoms with Crippen molar-refractivity contribution in [1.82, 2.24) is 25.1 Å². The number of rotatable bonds is 7. The number of fused-ring (bicyclic) bond motifs is 1. The van der Waals surface area contributed by atoms with E-state index in [1.54, 1.807) is 17.3 Å². The maximum Gasteiger partial charge on any atom is 0.249 e. The van der Waals surface area contributed by atoms with E-state index in [-0.39, 0.29) is 48.9 Å². The zero-order valence-corrected chi connectivity index (χ0v) is 16.7. The smallest absolute Gasteiger partial charge is 0.249 e. The Morgan fingerprint density at radius 2 is 2.21 bits per heavy atom. The third-order valence-corrected chi connectivity index (χ3v) is 5.44. The van der Waals surface area contributed by atoms with Gasteiger partial charge in [-0.1, -0.05) is 13.8 Å². The van der Waals surface area contributed by atoms with Crippen LogP contribution >= 0.6 is 0 Å². The molecule has 3 heterocycles. The fraction of sp³-hybridized carbons (Fsp3) is 0.684. The summed E-state index contributed by atoms with van der Waals surface area (Å²) in [7, 11) is 1.46. The Labute approximate surface area is 164 Å². The van der Waals surface area contributed by atoms with E-state index in [2.05, 4.69) is 29.1 Å². The minimum absolute atomic E-state index is 0.0392. The number of H-pyrrole nitrogens is 1. The lowest BCUT2D eigenvalue weighted by Crippen LogP contribution is -2.58. The van der Waals surface area contributed by atoms with Crippen molar-refractivity contribution in [2.24, 2.45) is 11.8 Å². The minimum atomic E-state index is -0.288. The summed E-state index contributed by atoms with van der Waals surface area (Å²) in [5.74, 6) is 0.402. The molecule has 3 amide bonds. The fourth-order valence-electron chi connectivity index (χ4n) is 4.29. The SMILES string of the molecule is COCC(=O)N1CC(=O)N2[C@H](C[C@@H](C(=O)NCc3ncc[nH]3)[C@H]2CC(C)C)C1. The summed E-state index contributed by atoms with van der Waals surface area (Å²) >= 11 is 0. The van der Waals surface area contributed by atoms with Crippen molar-refractivity contribution in [3.8, 4) is 0 Å².